The maximum absolute atomic E-state index is 14.4. The Labute approximate surface area is 150 Å². The van der Waals surface area contributed by atoms with E-state index in [2.05, 4.69) is 0 Å². The van der Waals surface area contributed by atoms with Crippen molar-refractivity contribution in [2.75, 3.05) is 6.61 Å². The molecule has 0 radical (unpaired) electrons. The summed E-state index contributed by atoms with van der Waals surface area (Å²) in [4.78, 5) is 34.8. The standard InChI is InChI=1S/C17H13FN2O5S/c1-2-25-17(22)16-11(15-12(18)4-3-5-13(15)26-16)9-19-8-10(20(23)24)6-7-14(19)21/h3-8H,2,9H2,1H3. The van der Waals surface area contributed by atoms with Crippen molar-refractivity contribution in [1.29, 1.82) is 0 Å². The van der Waals surface area contributed by atoms with E-state index in [1.807, 2.05) is 0 Å². The van der Waals surface area contributed by atoms with Gasteiger partial charge in [0.1, 0.15) is 10.7 Å². The third kappa shape index (κ3) is 3.21. The number of halogens is 1. The number of carbonyl (C=O) groups excluding carboxylic acids is 1. The molecule has 0 atom stereocenters. The van der Waals surface area contributed by atoms with Crippen molar-refractivity contribution < 1.29 is 18.8 Å². The smallest absolute Gasteiger partial charge is 0.348 e. The Hall–Kier alpha value is -3.07. The van der Waals surface area contributed by atoms with Crippen molar-refractivity contribution in [1.82, 2.24) is 4.57 Å². The zero-order chi connectivity index (χ0) is 18.8. The van der Waals surface area contributed by atoms with Gasteiger partial charge in [-0.15, -0.1) is 11.3 Å². The zero-order valence-corrected chi connectivity index (χ0v) is 14.4. The van der Waals surface area contributed by atoms with Gasteiger partial charge in [-0.1, -0.05) is 6.07 Å². The van der Waals surface area contributed by atoms with Gasteiger partial charge in [0, 0.05) is 27.8 Å². The average molecular weight is 376 g/mol. The van der Waals surface area contributed by atoms with Gasteiger partial charge < -0.3 is 9.30 Å². The second-order valence-corrected chi connectivity index (χ2v) is 6.41. The van der Waals surface area contributed by atoms with Crippen LogP contribution in [0.4, 0.5) is 10.1 Å². The van der Waals surface area contributed by atoms with E-state index in [0.717, 1.165) is 34.2 Å². The Morgan fingerprint density at radius 3 is 2.81 bits per heavy atom. The number of benzene rings is 1. The summed E-state index contributed by atoms with van der Waals surface area (Å²) in [6.07, 6.45) is 1.07. The van der Waals surface area contributed by atoms with Crippen molar-refractivity contribution in [3.63, 3.8) is 0 Å². The number of hydrogen-bond donors (Lipinski definition) is 0. The molecule has 134 valence electrons. The van der Waals surface area contributed by atoms with Crippen LogP contribution in [0.1, 0.15) is 22.2 Å². The third-order valence-corrected chi connectivity index (χ3v) is 4.91. The molecule has 0 bridgehead atoms. The van der Waals surface area contributed by atoms with E-state index >= 15 is 0 Å². The van der Waals surface area contributed by atoms with Crippen LogP contribution < -0.4 is 5.56 Å². The minimum absolute atomic E-state index is 0.145. The van der Waals surface area contributed by atoms with Crippen LogP contribution in [0.5, 0.6) is 0 Å². The molecule has 0 spiro atoms. The number of carbonyl (C=O) groups is 1. The lowest BCUT2D eigenvalue weighted by molar-refractivity contribution is -0.385. The fourth-order valence-electron chi connectivity index (χ4n) is 2.60. The van der Waals surface area contributed by atoms with E-state index in [4.69, 9.17) is 4.74 Å². The molecule has 9 heteroatoms. The lowest BCUT2D eigenvalue weighted by Gasteiger charge is -2.08. The highest BCUT2D eigenvalue weighted by atomic mass is 32.1. The van der Waals surface area contributed by atoms with Crippen LogP contribution in [0.2, 0.25) is 0 Å². The van der Waals surface area contributed by atoms with Crippen molar-refractivity contribution in [2.45, 2.75) is 13.5 Å². The van der Waals surface area contributed by atoms with Crippen LogP contribution in [0.25, 0.3) is 10.1 Å². The molecule has 0 aliphatic carbocycles. The molecule has 0 unspecified atom stereocenters. The molecule has 3 aromatic rings. The van der Waals surface area contributed by atoms with Crippen molar-refractivity contribution in [2.24, 2.45) is 0 Å². The first-order chi connectivity index (χ1) is 12.4. The molecule has 7 nitrogen and oxygen atoms in total. The van der Waals surface area contributed by atoms with Gasteiger partial charge in [-0.2, -0.15) is 0 Å². The van der Waals surface area contributed by atoms with Crippen molar-refractivity contribution in [3.8, 4) is 0 Å². The summed E-state index contributed by atoms with van der Waals surface area (Å²) < 4.78 is 21.0. The molecule has 0 fully saturated rings. The number of nitro groups is 1. The maximum atomic E-state index is 14.4. The topological polar surface area (TPSA) is 91.4 Å². The number of aromatic nitrogens is 1. The molecule has 26 heavy (non-hydrogen) atoms. The van der Waals surface area contributed by atoms with E-state index in [1.54, 1.807) is 13.0 Å². The number of ether oxygens (including phenoxy) is 1. The van der Waals surface area contributed by atoms with Crippen molar-refractivity contribution in [3.05, 3.63) is 73.3 Å². The van der Waals surface area contributed by atoms with Crippen LogP contribution >= 0.6 is 11.3 Å². The highest BCUT2D eigenvalue weighted by Crippen LogP contribution is 2.34. The first-order valence-electron chi connectivity index (χ1n) is 7.64. The minimum atomic E-state index is -0.630. The number of esters is 1. The van der Waals surface area contributed by atoms with E-state index < -0.39 is 22.3 Å². The number of hydrogen-bond acceptors (Lipinski definition) is 6. The van der Waals surface area contributed by atoms with Crippen LogP contribution in [-0.4, -0.2) is 22.1 Å². The third-order valence-electron chi connectivity index (χ3n) is 3.73. The normalized spacial score (nSPS) is 10.8. The molecule has 0 aliphatic rings. The van der Waals surface area contributed by atoms with Gasteiger partial charge in [0.25, 0.3) is 11.2 Å². The Bertz CT molecular complexity index is 1070. The Morgan fingerprint density at radius 1 is 1.35 bits per heavy atom. The van der Waals surface area contributed by atoms with E-state index in [9.17, 15) is 24.1 Å². The molecule has 1 aromatic carbocycles. The maximum Gasteiger partial charge on any atom is 0.348 e. The molecule has 2 heterocycles. The number of fused-ring (bicyclic) bond motifs is 1. The van der Waals surface area contributed by atoms with Crippen LogP contribution in [-0.2, 0) is 11.3 Å². The molecule has 0 saturated heterocycles. The summed E-state index contributed by atoms with van der Waals surface area (Å²) in [5.41, 5.74) is -0.507. The second kappa shape index (κ2) is 7.04. The van der Waals surface area contributed by atoms with E-state index in [-0.39, 0.29) is 34.7 Å². The Kier molecular flexibility index (Phi) is 4.81. The Balaban J connectivity index is 2.19. The molecule has 0 N–H and O–H groups in total. The number of thiophene rings is 1. The lowest BCUT2D eigenvalue weighted by atomic mass is 10.1. The summed E-state index contributed by atoms with van der Waals surface area (Å²) in [6, 6.07) is 6.59. The highest BCUT2D eigenvalue weighted by molar-refractivity contribution is 7.21. The molecule has 3 rings (SSSR count). The van der Waals surface area contributed by atoms with Gasteiger partial charge >= 0.3 is 5.97 Å². The fourth-order valence-corrected chi connectivity index (χ4v) is 3.72. The quantitative estimate of drug-likeness (QED) is 0.387. The van der Waals surface area contributed by atoms with Crippen LogP contribution in [0, 0.1) is 15.9 Å². The van der Waals surface area contributed by atoms with Gasteiger partial charge in [-0.25, -0.2) is 9.18 Å². The largest absolute Gasteiger partial charge is 0.462 e. The summed E-state index contributed by atoms with van der Waals surface area (Å²) in [5, 5.41) is 11.2. The summed E-state index contributed by atoms with van der Waals surface area (Å²) in [6.45, 7) is 1.61. The molecule has 0 amide bonds. The molecular formula is C17H13FN2O5S. The Morgan fingerprint density at radius 2 is 2.12 bits per heavy atom. The molecule has 2 aromatic heterocycles. The lowest BCUT2D eigenvalue weighted by Crippen LogP contribution is -2.20. The number of pyridine rings is 1. The summed E-state index contributed by atoms with van der Waals surface area (Å²) >= 11 is 1.06. The molecular weight excluding hydrogens is 363 g/mol. The SMILES string of the molecule is CCOC(=O)c1sc2cccc(F)c2c1Cn1cc([N+](=O)[O-])ccc1=O. The fraction of sp³-hybridized carbons (Fsp3) is 0.176. The predicted molar refractivity (Wildman–Crippen MR) is 94.2 cm³/mol. The van der Waals surface area contributed by atoms with Gasteiger partial charge in [-0.3, -0.25) is 14.9 Å². The highest BCUT2D eigenvalue weighted by Gasteiger charge is 2.22. The van der Waals surface area contributed by atoms with Gasteiger partial charge in [-0.05, 0) is 19.1 Å². The van der Waals surface area contributed by atoms with Crippen LogP contribution in [0.3, 0.4) is 0 Å². The average Bonchev–Trinajstić information content (AvgIpc) is 2.97. The van der Waals surface area contributed by atoms with Gasteiger partial charge in [0.2, 0.25) is 0 Å². The van der Waals surface area contributed by atoms with Crippen molar-refractivity contribution >= 4 is 33.1 Å². The van der Waals surface area contributed by atoms with E-state index in [1.165, 1.54) is 12.1 Å². The van der Waals surface area contributed by atoms with Crippen LogP contribution in [0.15, 0.2) is 41.3 Å². The predicted octanol–water partition coefficient (Wildman–Crippen LogP) is 3.34. The minimum Gasteiger partial charge on any atom is -0.462 e. The first kappa shape index (κ1) is 17.7. The zero-order valence-electron chi connectivity index (χ0n) is 13.6. The number of rotatable bonds is 5. The number of nitrogens with zero attached hydrogens (tertiary/aromatic N) is 2. The van der Waals surface area contributed by atoms with E-state index in [0.29, 0.717) is 4.70 Å². The summed E-state index contributed by atoms with van der Waals surface area (Å²) in [5.74, 6) is -1.16. The first-order valence-corrected chi connectivity index (χ1v) is 8.46. The molecule has 0 aliphatic heterocycles. The summed E-state index contributed by atoms with van der Waals surface area (Å²) in [7, 11) is 0. The molecule has 0 saturated carbocycles. The monoisotopic (exact) mass is 376 g/mol. The van der Waals surface area contributed by atoms with Gasteiger partial charge in [0.05, 0.1) is 24.3 Å². The van der Waals surface area contributed by atoms with Gasteiger partial charge in [0.15, 0.2) is 0 Å². The second-order valence-electron chi connectivity index (χ2n) is 5.35.